The van der Waals surface area contributed by atoms with Crippen molar-refractivity contribution in [3.8, 4) is 11.1 Å². The van der Waals surface area contributed by atoms with E-state index in [0.717, 1.165) is 28.7 Å². The summed E-state index contributed by atoms with van der Waals surface area (Å²) in [6.45, 7) is 6.60. The maximum atomic E-state index is 13.5. The second-order valence-electron chi connectivity index (χ2n) is 11.6. The summed E-state index contributed by atoms with van der Waals surface area (Å²) in [6.07, 6.45) is 1.04. The molecule has 2 aliphatic carbocycles. The number of amides is 2. The zero-order chi connectivity index (χ0) is 27.0. The molecule has 5 rings (SSSR count). The molecule has 202 valence electrons. The summed E-state index contributed by atoms with van der Waals surface area (Å²) < 4.78 is 11.5. The van der Waals surface area contributed by atoms with Crippen molar-refractivity contribution in [2.45, 2.75) is 70.1 Å². The molecular weight excluding hydrogens is 484 g/mol. The van der Waals surface area contributed by atoms with Gasteiger partial charge >= 0.3 is 18.2 Å². The molecule has 38 heavy (non-hydrogen) atoms. The van der Waals surface area contributed by atoms with Gasteiger partial charge in [-0.1, -0.05) is 48.5 Å². The number of likely N-dealkylation sites (tertiary alicyclic amines) is 1. The predicted octanol–water partition coefficient (Wildman–Crippen LogP) is 5.50. The largest absolute Gasteiger partial charge is 0.481 e. The van der Waals surface area contributed by atoms with Crippen molar-refractivity contribution in [1.82, 2.24) is 9.80 Å². The van der Waals surface area contributed by atoms with Crippen LogP contribution in [0, 0.1) is 5.92 Å². The number of rotatable bonds is 7. The fourth-order valence-electron chi connectivity index (χ4n) is 6.32. The van der Waals surface area contributed by atoms with Crippen LogP contribution in [-0.4, -0.2) is 70.4 Å². The highest BCUT2D eigenvalue weighted by Crippen LogP contribution is 2.45. The minimum atomic E-state index is -0.887. The van der Waals surface area contributed by atoms with E-state index in [9.17, 15) is 14.4 Å². The van der Waals surface area contributed by atoms with Gasteiger partial charge in [-0.15, -0.1) is 0 Å². The van der Waals surface area contributed by atoms with Crippen LogP contribution in [0.1, 0.15) is 63.5 Å². The van der Waals surface area contributed by atoms with Gasteiger partial charge in [0.1, 0.15) is 12.2 Å². The first-order valence-corrected chi connectivity index (χ1v) is 13.5. The molecular formula is C30H36N2O6. The highest BCUT2D eigenvalue weighted by Gasteiger charge is 2.50. The van der Waals surface area contributed by atoms with Crippen molar-refractivity contribution < 1.29 is 29.0 Å². The monoisotopic (exact) mass is 520 g/mol. The first kappa shape index (κ1) is 26.1. The van der Waals surface area contributed by atoms with Crippen LogP contribution in [0.3, 0.4) is 0 Å². The zero-order valence-electron chi connectivity index (χ0n) is 22.3. The average Bonchev–Trinajstić information content (AvgIpc) is 3.55. The molecule has 2 bridgehead atoms. The number of carbonyl (C=O) groups excluding carboxylic acids is 2. The van der Waals surface area contributed by atoms with E-state index in [1.807, 2.05) is 45.0 Å². The van der Waals surface area contributed by atoms with Crippen LogP contribution < -0.4 is 0 Å². The fourth-order valence-corrected chi connectivity index (χ4v) is 6.32. The Morgan fingerprint density at radius 1 is 1.00 bits per heavy atom. The van der Waals surface area contributed by atoms with Gasteiger partial charge in [0.25, 0.3) is 0 Å². The molecule has 3 aliphatic rings. The Labute approximate surface area is 223 Å². The molecule has 2 fully saturated rings. The number of carboxylic acids is 1. The van der Waals surface area contributed by atoms with Gasteiger partial charge in [0.05, 0.1) is 0 Å². The van der Waals surface area contributed by atoms with E-state index >= 15 is 0 Å². The first-order chi connectivity index (χ1) is 18.1. The van der Waals surface area contributed by atoms with Crippen molar-refractivity contribution >= 4 is 18.2 Å². The normalized spacial score (nSPS) is 21.7. The van der Waals surface area contributed by atoms with E-state index in [1.165, 1.54) is 0 Å². The topological polar surface area (TPSA) is 96.4 Å². The minimum absolute atomic E-state index is 0.00297. The van der Waals surface area contributed by atoms with E-state index in [0.29, 0.717) is 25.9 Å². The Morgan fingerprint density at radius 2 is 1.63 bits per heavy atom. The molecule has 8 heteroatoms. The lowest BCUT2D eigenvalue weighted by molar-refractivity contribution is -0.137. The van der Waals surface area contributed by atoms with Gasteiger partial charge in [0.15, 0.2) is 0 Å². The van der Waals surface area contributed by atoms with E-state index < -0.39 is 17.7 Å². The molecule has 2 aromatic carbocycles. The Morgan fingerprint density at radius 3 is 2.18 bits per heavy atom. The molecule has 8 nitrogen and oxygen atoms in total. The minimum Gasteiger partial charge on any atom is -0.481 e. The van der Waals surface area contributed by atoms with Gasteiger partial charge in [0, 0.05) is 37.5 Å². The van der Waals surface area contributed by atoms with Crippen molar-refractivity contribution in [2.24, 2.45) is 5.92 Å². The highest BCUT2D eigenvalue weighted by molar-refractivity contribution is 5.79. The number of hydrogen-bond donors (Lipinski definition) is 1. The summed E-state index contributed by atoms with van der Waals surface area (Å²) in [6, 6.07) is 16.3. The lowest BCUT2D eigenvalue weighted by atomic mass is 9.98. The van der Waals surface area contributed by atoms with Crippen molar-refractivity contribution in [3.05, 3.63) is 59.7 Å². The molecule has 2 aromatic rings. The Bertz CT molecular complexity index is 1180. The number of piperidine rings is 1. The summed E-state index contributed by atoms with van der Waals surface area (Å²) in [7, 11) is 0. The van der Waals surface area contributed by atoms with Crippen LogP contribution in [0.25, 0.3) is 11.1 Å². The number of aliphatic carboxylic acids is 1. The number of carbonyl (C=O) groups is 3. The number of benzene rings is 2. The van der Waals surface area contributed by atoms with Gasteiger partial charge in [-0.2, -0.15) is 0 Å². The molecule has 0 spiro atoms. The summed E-state index contributed by atoms with van der Waals surface area (Å²) in [5.41, 5.74) is 4.05. The van der Waals surface area contributed by atoms with Crippen LogP contribution >= 0.6 is 0 Å². The molecule has 2 amide bonds. The predicted molar refractivity (Wildman–Crippen MR) is 142 cm³/mol. The zero-order valence-corrected chi connectivity index (χ0v) is 22.3. The summed E-state index contributed by atoms with van der Waals surface area (Å²) in [4.78, 5) is 40.9. The van der Waals surface area contributed by atoms with E-state index in [-0.39, 0.29) is 43.0 Å². The Hall–Kier alpha value is -3.55. The molecule has 3 atom stereocenters. The summed E-state index contributed by atoms with van der Waals surface area (Å²) in [5, 5.41) is 9.16. The van der Waals surface area contributed by atoms with Gasteiger partial charge in [-0.05, 0) is 68.2 Å². The van der Waals surface area contributed by atoms with Crippen LogP contribution in [0.2, 0.25) is 0 Å². The third kappa shape index (κ3) is 5.22. The summed E-state index contributed by atoms with van der Waals surface area (Å²) >= 11 is 0. The van der Waals surface area contributed by atoms with Crippen LogP contribution in [0.5, 0.6) is 0 Å². The van der Waals surface area contributed by atoms with E-state index in [1.54, 1.807) is 9.80 Å². The molecule has 0 aromatic heterocycles. The molecule has 0 radical (unpaired) electrons. The lowest BCUT2D eigenvalue weighted by Gasteiger charge is -2.38. The van der Waals surface area contributed by atoms with Crippen LogP contribution in [0.15, 0.2) is 48.5 Å². The first-order valence-electron chi connectivity index (χ1n) is 13.5. The van der Waals surface area contributed by atoms with Crippen molar-refractivity contribution in [1.29, 1.82) is 0 Å². The quantitative estimate of drug-likeness (QED) is 0.518. The van der Waals surface area contributed by atoms with Crippen molar-refractivity contribution in [2.75, 3.05) is 19.7 Å². The summed E-state index contributed by atoms with van der Waals surface area (Å²) in [5.74, 6) is -0.825. The Kier molecular flexibility index (Phi) is 7.07. The Balaban J connectivity index is 1.28. The van der Waals surface area contributed by atoms with Gasteiger partial charge in [-0.3, -0.25) is 4.79 Å². The van der Waals surface area contributed by atoms with Gasteiger partial charge in [-0.25, -0.2) is 9.59 Å². The molecule has 1 saturated carbocycles. The number of hydrogen-bond acceptors (Lipinski definition) is 5. The number of nitrogens with zero attached hydrogens (tertiary/aromatic N) is 2. The number of ether oxygens (including phenoxy) is 2. The third-order valence-electron chi connectivity index (χ3n) is 7.89. The van der Waals surface area contributed by atoms with E-state index in [4.69, 9.17) is 14.6 Å². The number of carboxylic acid groups (broad SMARTS) is 1. The maximum Gasteiger partial charge on any atom is 0.410 e. The molecule has 3 unspecified atom stereocenters. The van der Waals surface area contributed by atoms with E-state index in [2.05, 4.69) is 24.3 Å². The molecule has 1 saturated heterocycles. The smallest absolute Gasteiger partial charge is 0.410 e. The molecule has 1 N–H and O–H groups in total. The fraction of sp³-hybridized carbons (Fsp3) is 0.500. The third-order valence-corrected chi connectivity index (χ3v) is 7.89. The van der Waals surface area contributed by atoms with Gasteiger partial charge in [0.2, 0.25) is 0 Å². The molecule has 1 heterocycles. The average molecular weight is 521 g/mol. The maximum absolute atomic E-state index is 13.5. The lowest BCUT2D eigenvalue weighted by Crippen LogP contribution is -2.51. The van der Waals surface area contributed by atoms with Crippen LogP contribution in [-0.2, 0) is 14.3 Å². The van der Waals surface area contributed by atoms with Gasteiger partial charge < -0.3 is 24.4 Å². The standard InChI is InChI=1S/C30H36N2O6/c1-30(2,3)38-29(36)32-17-19-15-20(32)16-26(19)31(14-8-13-27(33)34)28(35)37-18-25-23-11-6-4-9-21(23)22-10-5-7-12-24(22)25/h4-7,9-12,19-20,25-26H,8,13-18H2,1-3H3,(H,33,34). The second kappa shape index (κ2) is 10.3. The van der Waals surface area contributed by atoms with Crippen LogP contribution in [0.4, 0.5) is 9.59 Å². The van der Waals surface area contributed by atoms with Crippen molar-refractivity contribution in [3.63, 3.8) is 0 Å². The highest BCUT2D eigenvalue weighted by atomic mass is 16.6. The second-order valence-corrected chi connectivity index (χ2v) is 11.6. The SMILES string of the molecule is CC(C)(C)OC(=O)N1CC2CC1CC2N(CCCC(=O)O)C(=O)OCC1c2ccccc2-c2ccccc21. The number of fused-ring (bicyclic) bond motifs is 5. The molecule has 1 aliphatic heterocycles.